The normalized spacial score (nSPS) is 14.4. The molecule has 0 aliphatic carbocycles. The SMILES string of the molecule is Cc1ccc(NC(=O)c2ncc(OC3CCNCC3)cc2-c2ccccc2)cc1. The predicted molar refractivity (Wildman–Crippen MR) is 115 cm³/mol. The molecule has 2 heterocycles. The van der Waals surface area contributed by atoms with Gasteiger partial charge in [-0.15, -0.1) is 0 Å². The Morgan fingerprint density at radius 2 is 1.79 bits per heavy atom. The lowest BCUT2D eigenvalue weighted by Crippen LogP contribution is -2.34. The molecule has 1 aliphatic rings. The van der Waals surface area contributed by atoms with Crippen molar-refractivity contribution < 1.29 is 9.53 Å². The molecule has 0 unspecified atom stereocenters. The van der Waals surface area contributed by atoms with E-state index < -0.39 is 0 Å². The maximum absolute atomic E-state index is 13.0. The van der Waals surface area contributed by atoms with Gasteiger partial charge in [0.1, 0.15) is 17.5 Å². The summed E-state index contributed by atoms with van der Waals surface area (Å²) < 4.78 is 6.15. The van der Waals surface area contributed by atoms with Gasteiger partial charge >= 0.3 is 0 Å². The van der Waals surface area contributed by atoms with Crippen molar-refractivity contribution in [3.8, 4) is 16.9 Å². The number of pyridine rings is 1. The summed E-state index contributed by atoms with van der Waals surface area (Å²) in [5.74, 6) is 0.462. The number of benzene rings is 2. The number of rotatable bonds is 5. The predicted octanol–water partition coefficient (Wildman–Crippen LogP) is 4.44. The average Bonchev–Trinajstić information content (AvgIpc) is 2.76. The maximum Gasteiger partial charge on any atom is 0.274 e. The summed E-state index contributed by atoms with van der Waals surface area (Å²) in [6.07, 6.45) is 3.76. The number of carbonyl (C=O) groups excluding carboxylic acids is 1. The topological polar surface area (TPSA) is 63.2 Å². The van der Waals surface area contributed by atoms with Gasteiger partial charge in [0.05, 0.1) is 6.20 Å². The fourth-order valence-corrected chi connectivity index (χ4v) is 3.46. The molecule has 0 bridgehead atoms. The van der Waals surface area contributed by atoms with Crippen LogP contribution in [0.25, 0.3) is 11.1 Å². The van der Waals surface area contributed by atoms with E-state index >= 15 is 0 Å². The molecule has 1 amide bonds. The number of aromatic nitrogens is 1. The van der Waals surface area contributed by atoms with Crippen molar-refractivity contribution in [2.75, 3.05) is 18.4 Å². The summed E-state index contributed by atoms with van der Waals surface area (Å²) in [6.45, 7) is 3.93. The van der Waals surface area contributed by atoms with Gasteiger partial charge in [0.25, 0.3) is 5.91 Å². The van der Waals surface area contributed by atoms with Crippen LogP contribution in [0.5, 0.6) is 5.75 Å². The number of anilines is 1. The number of nitrogens with one attached hydrogen (secondary N) is 2. The van der Waals surface area contributed by atoms with Gasteiger partial charge in [0.15, 0.2) is 0 Å². The van der Waals surface area contributed by atoms with E-state index in [-0.39, 0.29) is 12.0 Å². The van der Waals surface area contributed by atoms with Gasteiger partial charge in [-0.2, -0.15) is 0 Å². The molecule has 5 heteroatoms. The highest BCUT2D eigenvalue weighted by Crippen LogP contribution is 2.28. The maximum atomic E-state index is 13.0. The number of piperidine rings is 1. The molecule has 2 aromatic carbocycles. The van der Waals surface area contributed by atoms with E-state index in [1.165, 1.54) is 0 Å². The molecule has 1 saturated heterocycles. The van der Waals surface area contributed by atoms with Gasteiger partial charge in [-0.3, -0.25) is 4.79 Å². The van der Waals surface area contributed by atoms with Crippen molar-refractivity contribution in [1.82, 2.24) is 10.3 Å². The first-order chi connectivity index (χ1) is 14.2. The van der Waals surface area contributed by atoms with E-state index in [0.29, 0.717) is 11.4 Å². The van der Waals surface area contributed by atoms with Crippen molar-refractivity contribution in [2.45, 2.75) is 25.9 Å². The number of hydrogen-bond donors (Lipinski definition) is 2. The van der Waals surface area contributed by atoms with Crippen LogP contribution in [0.1, 0.15) is 28.9 Å². The van der Waals surface area contributed by atoms with Gasteiger partial charge < -0.3 is 15.4 Å². The van der Waals surface area contributed by atoms with E-state index in [1.54, 1.807) is 6.20 Å². The van der Waals surface area contributed by atoms with Crippen LogP contribution in [0.2, 0.25) is 0 Å². The first-order valence-electron chi connectivity index (χ1n) is 10.00. The fourth-order valence-electron chi connectivity index (χ4n) is 3.46. The number of hydrogen-bond acceptors (Lipinski definition) is 4. The minimum Gasteiger partial charge on any atom is -0.489 e. The van der Waals surface area contributed by atoms with Crippen LogP contribution >= 0.6 is 0 Å². The third kappa shape index (κ3) is 4.81. The van der Waals surface area contributed by atoms with Gasteiger partial charge in [0, 0.05) is 11.3 Å². The summed E-state index contributed by atoms with van der Waals surface area (Å²) in [6, 6.07) is 19.5. The lowest BCUT2D eigenvalue weighted by Gasteiger charge is -2.24. The summed E-state index contributed by atoms with van der Waals surface area (Å²) in [7, 11) is 0. The molecule has 3 aromatic rings. The lowest BCUT2D eigenvalue weighted by molar-refractivity contribution is 0.102. The molecule has 1 aromatic heterocycles. The Morgan fingerprint density at radius 3 is 2.52 bits per heavy atom. The van der Waals surface area contributed by atoms with Crippen molar-refractivity contribution in [2.24, 2.45) is 0 Å². The van der Waals surface area contributed by atoms with Crippen LogP contribution in [-0.2, 0) is 0 Å². The summed E-state index contributed by atoms with van der Waals surface area (Å²) in [5, 5.41) is 6.29. The van der Waals surface area contributed by atoms with E-state index in [2.05, 4.69) is 15.6 Å². The molecule has 0 saturated carbocycles. The van der Waals surface area contributed by atoms with E-state index in [9.17, 15) is 4.79 Å². The van der Waals surface area contributed by atoms with Gasteiger partial charge in [-0.05, 0) is 56.6 Å². The number of ether oxygens (including phenoxy) is 1. The Labute approximate surface area is 171 Å². The lowest BCUT2D eigenvalue weighted by atomic mass is 10.0. The number of amides is 1. The monoisotopic (exact) mass is 387 g/mol. The Morgan fingerprint density at radius 1 is 1.07 bits per heavy atom. The molecule has 148 valence electrons. The molecule has 0 radical (unpaired) electrons. The van der Waals surface area contributed by atoms with Gasteiger partial charge in [0.2, 0.25) is 0 Å². The first-order valence-corrected chi connectivity index (χ1v) is 10.00. The third-order valence-electron chi connectivity index (χ3n) is 5.06. The summed E-state index contributed by atoms with van der Waals surface area (Å²) in [5.41, 5.74) is 3.97. The molecular weight excluding hydrogens is 362 g/mol. The molecule has 2 N–H and O–H groups in total. The molecule has 5 nitrogen and oxygen atoms in total. The van der Waals surface area contributed by atoms with Crippen LogP contribution in [0.15, 0.2) is 66.9 Å². The summed E-state index contributed by atoms with van der Waals surface area (Å²) in [4.78, 5) is 17.5. The minimum absolute atomic E-state index is 0.175. The molecule has 0 atom stereocenters. The van der Waals surface area contributed by atoms with E-state index in [1.807, 2.05) is 67.6 Å². The van der Waals surface area contributed by atoms with Crippen LogP contribution in [0.3, 0.4) is 0 Å². The van der Waals surface area contributed by atoms with Crippen molar-refractivity contribution in [3.05, 3.63) is 78.1 Å². The fraction of sp³-hybridized carbons (Fsp3) is 0.250. The molecule has 1 aliphatic heterocycles. The summed E-state index contributed by atoms with van der Waals surface area (Å²) >= 11 is 0. The van der Waals surface area contributed by atoms with Crippen LogP contribution in [0, 0.1) is 6.92 Å². The molecule has 0 spiro atoms. The largest absolute Gasteiger partial charge is 0.489 e. The zero-order valence-corrected chi connectivity index (χ0v) is 16.5. The smallest absolute Gasteiger partial charge is 0.274 e. The number of carbonyl (C=O) groups is 1. The van der Waals surface area contributed by atoms with Crippen LogP contribution in [0.4, 0.5) is 5.69 Å². The third-order valence-corrected chi connectivity index (χ3v) is 5.06. The van der Waals surface area contributed by atoms with Crippen molar-refractivity contribution in [3.63, 3.8) is 0 Å². The quantitative estimate of drug-likeness (QED) is 0.679. The van der Waals surface area contributed by atoms with Crippen LogP contribution in [-0.4, -0.2) is 30.1 Å². The zero-order chi connectivity index (χ0) is 20.1. The molecular formula is C24H25N3O2. The highest BCUT2D eigenvalue weighted by atomic mass is 16.5. The number of nitrogens with zero attached hydrogens (tertiary/aromatic N) is 1. The Kier molecular flexibility index (Phi) is 5.86. The zero-order valence-electron chi connectivity index (χ0n) is 16.5. The van der Waals surface area contributed by atoms with Gasteiger partial charge in [-0.1, -0.05) is 48.0 Å². The second-order valence-corrected chi connectivity index (χ2v) is 7.32. The van der Waals surface area contributed by atoms with E-state index in [0.717, 1.165) is 48.3 Å². The van der Waals surface area contributed by atoms with Gasteiger partial charge in [-0.25, -0.2) is 4.98 Å². The Hall–Kier alpha value is -3.18. The Balaban J connectivity index is 1.63. The Bertz CT molecular complexity index is 965. The van der Waals surface area contributed by atoms with Crippen molar-refractivity contribution >= 4 is 11.6 Å². The average molecular weight is 387 g/mol. The molecule has 1 fully saturated rings. The minimum atomic E-state index is -0.235. The van der Waals surface area contributed by atoms with Crippen molar-refractivity contribution in [1.29, 1.82) is 0 Å². The van der Waals surface area contributed by atoms with E-state index in [4.69, 9.17) is 4.74 Å². The second kappa shape index (κ2) is 8.88. The standard InChI is InChI=1S/C24H25N3O2/c1-17-7-9-19(10-8-17)27-24(28)23-22(18-5-3-2-4-6-18)15-21(16-26-23)29-20-11-13-25-14-12-20/h2-10,15-16,20,25H,11-14H2,1H3,(H,27,28). The van der Waals surface area contributed by atoms with Crippen LogP contribution < -0.4 is 15.4 Å². The highest BCUT2D eigenvalue weighted by molar-refractivity contribution is 6.07. The number of aryl methyl sites for hydroxylation is 1. The molecule has 4 rings (SSSR count). The first kappa shape index (κ1) is 19.2. The second-order valence-electron chi connectivity index (χ2n) is 7.32. The molecule has 29 heavy (non-hydrogen) atoms. The highest BCUT2D eigenvalue weighted by Gasteiger charge is 2.19.